The molecule has 2 fully saturated rings. The number of nitrogens with one attached hydrogen (secondary N) is 1. The van der Waals surface area contributed by atoms with E-state index in [1.807, 2.05) is 17.2 Å². The predicted molar refractivity (Wildman–Crippen MR) is 88.0 cm³/mol. The molecule has 1 aromatic heterocycles. The first-order valence-corrected chi connectivity index (χ1v) is 8.43. The summed E-state index contributed by atoms with van der Waals surface area (Å²) in [6, 6.07) is 1.87. The van der Waals surface area contributed by atoms with Gasteiger partial charge >= 0.3 is 0 Å². The van der Waals surface area contributed by atoms with Crippen LogP contribution >= 0.6 is 0 Å². The van der Waals surface area contributed by atoms with E-state index in [4.69, 9.17) is 0 Å². The molecule has 1 amide bonds. The highest BCUT2D eigenvalue weighted by Crippen LogP contribution is 2.38. The maximum atomic E-state index is 12.4. The lowest BCUT2D eigenvalue weighted by atomic mass is 9.84. The first kappa shape index (κ1) is 15.6. The fourth-order valence-corrected chi connectivity index (χ4v) is 4.00. The van der Waals surface area contributed by atoms with Crippen LogP contribution in [0.2, 0.25) is 0 Å². The molecule has 0 unspecified atom stereocenters. The van der Waals surface area contributed by atoms with Crippen molar-refractivity contribution >= 4 is 5.91 Å². The molecule has 1 aromatic rings. The van der Waals surface area contributed by atoms with Gasteiger partial charge in [-0.1, -0.05) is 0 Å². The van der Waals surface area contributed by atoms with Crippen molar-refractivity contribution in [1.29, 1.82) is 0 Å². The number of likely N-dealkylation sites (tertiary alicyclic amines) is 2. The van der Waals surface area contributed by atoms with E-state index in [-0.39, 0.29) is 5.91 Å². The van der Waals surface area contributed by atoms with Gasteiger partial charge in [-0.25, -0.2) is 0 Å². The van der Waals surface area contributed by atoms with Gasteiger partial charge in [0.15, 0.2) is 0 Å². The Balaban J connectivity index is 1.59. The van der Waals surface area contributed by atoms with Crippen LogP contribution in [0.1, 0.15) is 36.0 Å². The van der Waals surface area contributed by atoms with Crippen LogP contribution in [0.15, 0.2) is 18.5 Å². The normalized spacial score (nSPS) is 21.9. The van der Waals surface area contributed by atoms with E-state index in [2.05, 4.69) is 28.9 Å². The second-order valence-corrected chi connectivity index (χ2v) is 7.01. The molecule has 1 N–H and O–H groups in total. The molecule has 1 spiro atoms. The third-order valence-electron chi connectivity index (χ3n) is 5.38. The summed E-state index contributed by atoms with van der Waals surface area (Å²) in [7, 11) is 4.28. The summed E-state index contributed by atoms with van der Waals surface area (Å²) in [5.74, 6) is 0.175. The number of nitrogens with zero attached hydrogens (tertiary/aromatic N) is 3. The quantitative estimate of drug-likeness (QED) is 0.920. The number of aromatic amines is 1. The molecule has 3 heterocycles. The lowest BCUT2D eigenvalue weighted by Crippen LogP contribution is -2.54. The number of H-pyrrole nitrogens is 1. The van der Waals surface area contributed by atoms with Crippen LogP contribution in [-0.4, -0.2) is 77.9 Å². The minimum atomic E-state index is 0.175. The van der Waals surface area contributed by atoms with Gasteiger partial charge in [0.2, 0.25) is 0 Å². The van der Waals surface area contributed by atoms with Crippen molar-refractivity contribution in [2.24, 2.45) is 0 Å². The summed E-state index contributed by atoms with van der Waals surface area (Å²) in [6.45, 7) is 5.27. The number of hydrogen-bond acceptors (Lipinski definition) is 3. The zero-order valence-corrected chi connectivity index (χ0v) is 13.8. The molecular formula is C17H28N4O. The zero-order valence-electron chi connectivity index (χ0n) is 13.8. The fraction of sp³-hybridized carbons (Fsp3) is 0.706. The first-order chi connectivity index (χ1) is 10.6. The molecule has 0 saturated carbocycles. The number of aromatic nitrogens is 1. The number of rotatable bonds is 4. The second-order valence-electron chi connectivity index (χ2n) is 7.01. The second kappa shape index (κ2) is 6.42. The van der Waals surface area contributed by atoms with Gasteiger partial charge in [0.25, 0.3) is 5.91 Å². The highest BCUT2D eigenvalue weighted by Gasteiger charge is 2.43. The van der Waals surface area contributed by atoms with Crippen LogP contribution < -0.4 is 0 Å². The smallest absolute Gasteiger partial charge is 0.255 e. The van der Waals surface area contributed by atoms with Crippen molar-refractivity contribution in [2.75, 3.05) is 46.8 Å². The van der Waals surface area contributed by atoms with Gasteiger partial charge in [0.1, 0.15) is 0 Å². The van der Waals surface area contributed by atoms with Crippen molar-refractivity contribution in [2.45, 2.75) is 31.2 Å². The van der Waals surface area contributed by atoms with Crippen LogP contribution in [0.3, 0.4) is 0 Å². The van der Waals surface area contributed by atoms with E-state index in [0.29, 0.717) is 5.54 Å². The number of carbonyl (C=O) groups is 1. The van der Waals surface area contributed by atoms with Gasteiger partial charge in [0.05, 0.1) is 5.56 Å². The van der Waals surface area contributed by atoms with Gasteiger partial charge < -0.3 is 14.8 Å². The lowest BCUT2D eigenvalue weighted by molar-refractivity contribution is 0.0393. The standard InChI is InChI=1S/C17H28N4O/c1-19(2)12-13-21-9-3-5-17(21)6-10-20(11-7-17)16(22)15-4-8-18-14-15/h4,8,14,18H,3,5-7,9-13H2,1-2H3. The summed E-state index contributed by atoms with van der Waals surface area (Å²) in [5, 5.41) is 0. The number of likely N-dealkylation sites (N-methyl/N-ethyl adjacent to an activating group) is 1. The minimum absolute atomic E-state index is 0.175. The minimum Gasteiger partial charge on any atom is -0.367 e. The molecule has 0 aliphatic carbocycles. The summed E-state index contributed by atoms with van der Waals surface area (Å²) in [5.41, 5.74) is 1.14. The molecule has 122 valence electrons. The van der Waals surface area contributed by atoms with Crippen LogP contribution in [0.25, 0.3) is 0 Å². The Hall–Kier alpha value is -1.33. The van der Waals surface area contributed by atoms with Crippen LogP contribution in [-0.2, 0) is 0 Å². The summed E-state index contributed by atoms with van der Waals surface area (Å²) >= 11 is 0. The Kier molecular flexibility index (Phi) is 4.54. The van der Waals surface area contributed by atoms with E-state index < -0.39 is 0 Å². The fourth-order valence-electron chi connectivity index (χ4n) is 4.00. The van der Waals surface area contributed by atoms with E-state index in [0.717, 1.165) is 44.6 Å². The van der Waals surface area contributed by atoms with Crippen molar-refractivity contribution in [3.63, 3.8) is 0 Å². The predicted octanol–water partition coefficient (Wildman–Crippen LogP) is 1.65. The molecule has 0 aromatic carbocycles. The maximum absolute atomic E-state index is 12.4. The number of hydrogen-bond donors (Lipinski definition) is 1. The highest BCUT2D eigenvalue weighted by atomic mass is 16.2. The molecule has 5 nitrogen and oxygen atoms in total. The summed E-state index contributed by atoms with van der Waals surface area (Å²) in [4.78, 5) is 22.4. The summed E-state index contributed by atoms with van der Waals surface area (Å²) in [6.07, 6.45) is 8.46. The average molecular weight is 304 g/mol. The molecule has 2 aliphatic rings. The average Bonchev–Trinajstić information content (AvgIpc) is 3.16. The van der Waals surface area contributed by atoms with Crippen molar-refractivity contribution < 1.29 is 4.79 Å². The van der Waals surface area contributed by atoms with Crippen LogP contribution in [0.4, 0.5) is 0 Å². The molecule has 2 aliphatic heterocycles. The zero-order chi connectivity index (χ0) is 15.6. The Labute approximate surface area is 133 Å². The molecule has 3 rings (SSSR count). The third-order valence-corrected chi connectivity index (χ3v) is 5.38. The molecule has 2 saturated heterocycles. The number of amides is 1. The Morgan fingerprint density at radius 2 is 2.05 bits per heavy atom. The van der Waals surface area contributed by atoms with Crippen LogP contribution in [0, 0.1) is 0 Å². The monoisotopic (exact) mass is 304 g/mol. The Morgan fingerprint density at radius 3 is 2.68 bits per heavy atom. The lowest BCUT2D eigenvalue weighted by Gasteiger charge is -2.45. The van der Waals surface area contributed by atoms with Gasteiger partial charge in [-0.3, -0.25) is 9.69 Å². The molecule has 0 atom stereocenters. The molecule has 5 heteroatoms. The van der Waals surface area contributed by atoms with Crippen molar-refractivity contribution in [1.82, 2.24) is 19.7 Å². The van der Waals surface area contributed by atoms with E-state index in [9.17, 15) is 4.79 Å². The highest BCUT2D eigenvalue weighted by molar-refractivity contribution is 5.94. The molecular weight excluding hydrogens is 276 g/mol. The topological polar surface area (TPSA) is 42.6 Å². The van der Waals surface area contributed by atoms with Crippen molar-refractivity contribution in [3.8, 4) is 0 Å². The van der Waals surface area contributed by atoms with Crippen molar-refractivity contribution in [3.05, 3.63) is 24.0 Å². The van der Waals surface area contributed by atoms with E-state index in [1.165, 1.54) is 19.4 Å². The SMILES string of the molecule is CN(C)CCN1CCCC12CCN(C(=O)c1cc[nH]c1)CC2. The maximum Gasteiger partial charge on any atom is 0.255 e. The van der Waals surface area contributed by atoms with Crippen LogP contribution in [0.5, 0.6) is 0 Å². The first-order valence-electron chi connectivity index (χ1n) is 8.43. The van der Waals surface area contributed by atoms with E-state index >= 15 is 0 Å². The number of piperidine rings is 1. The molecule has 0 radical (unpaired) electrons. The largest absolute Gasteiger partial charge is 0.367 e. The van der Waals surface area contributed by atoms with Gasteiger partial charge in [-0.15, -0.1) is 0 Å². The van der Waals surface area contributed by atoms with Gasteiger partial charge in [-0.05, 0) is 52.4 Å². The van der Waals surface area contributed by atoms with E-state index in [1.54, 1.807) is 6.20 Å². The number of carbonyl (C=O) groups excluding carboxylic acids is 1. The Bertz CT molecular complexity index is 489. The Morgan fingerprint density at radius 1 is 1.27 bits per heavy atom. The summed E-state index contributed by atoms with van der Waals surface area (Å²) < 4.78 is 0. The molecule has 0 bridgehead atoms. The third kappa shape index (κ3) is 3.06. The molecule has 22 heavy (non-hydrogen) atoms. The van der Waals surface area contributed by atoms with Gasteiger partial charge in [0, 0.05) is 44.1 Å². The van der Waals surface area contributed by atoms with Gasteiger partial charge in [-0.2, -0.15) is 0 Å².